The fourth-order valence-electron chi connectivity index (χ4n) is 3.38. The zero-order valence-corrected chi connectivity index (χ0v) is 15.7. The van der Waals surface area contributed by atoms with Crippen LogP contribution >= 0.6 is 0 Å². The second-order valence-electron chi connectivity index (χ2n) is 6.61. The first-order valence-corrected chi connectivity index (χ1v) is 9.16. The van der Waals surface area contributed by atoms with Gasteiger partial charge in [-0.05, 0) is 55.8 Å². The standard InChI is InChI=1S/C24H19F2NO/c1-3-28-24-7-5-4-6-19(24)18-10-8-16(13-21(18)26)23-12-15(2)20-14-17(25)9-11-22(20)27-23/h4-14H,3H2,1-2H3. The molecule has 0 aliphatic carbocycles. The molecule has 1 heterocycles. The highest BCUT2D eigenvalue weighted by Crippen LogP contribution is 2.34. The van der Waals surface area contributed by atoms with Crippen LogP contribution in [-0.4, -0.2) is 11.6 Å². The molecule has 2 nitrogen and oxygen atoms in total. The number of benzene rings is 3. The molecule has 0 radical (unpaired) electrons. The largest absolute Gasteiger partial charge is 0.493 e. The molecule has 0 fully saturated rings. The molecule has 0 atom stereocenters. The summed E-state index contributed by atoms with van der Waals surface area (Å²) in [4.78, 5) is 4.58. The second-order valence-corrected chi connectivity index (χ2v) is 6.61. The lowest BCUT2D eigenvalue weighted by Gasteiger charge is -2.12. The van der Waals surface area contributed by atoms with Crippen molar-refractivity contribution in [2.45, 2.75) is 13.8 Å². The van der Waals surface area contributed by atoms with Crippen LogP contribution in [0.3, 0.4) is 0 Å². The van der Waals surface area contributed by atoms with Crippen molar-refractivity contribution in [3.63, 3.8) is 0 Å². The SMILES string of the molecule is CCOc1ccccc1-c1ccc(-c2cc(C)c3cc(F)ccc3n2)cc1F. The minimum atomic E-state index is -0.344. The van der Waals surface area contributed by atoms with Crippen molar-refractivity contribution in [3.8, 4) is 28.1 Å². The number of aryl methyl sites for hydroxylation is 1. The number of pyridine rings is 1. The van der Waals surface area contributed by atoms with Crippen molar-refractivity contribution in [1.82, 2.24) is 4.98 Å². The van der Waals surface area contributed by atoms with Gasteiger partial charge in [0.05, 0.1) is 17.8 Å². The number of para-hydroxylation sites is 1. The Morgan fingerprint density at radius 1 is 0.893 bits per heavy atom. The van der Waals surface area contributed by atoms with E-state index in [-0.39, 0.29) is 11.6 Å². The topological polar surface area (TPSA) is 22.1 Å². The molecule has 0 amide bonds. The molecule has 1 aromatic heterocycles. The van der Waals surface area contributed by atoms with E-state index in [9.17, 15) is 8.78 Å². The third-order valence-electron chi connectivity index (χ3n) is 4.72. The summed E-state index contributed by atoms with van der Waals surface area (Å²) < 4.78 is 34.1. The summed E-state index contributed by atoms with van der Waals surface area (Å²) in [5.41, 5.74) is 4.09. The highest BCUT2D eigenvalue weighted by atomic mass is 19.1. The van der Waals surface area contributed by atoms with Crippen molar-refractivity contribution >= 4 is 10.9 Å². The van der Waals surface area contributed by atoms with Gasteiger partial charge < -0.3 is 4.74 Å². The van der Waals surface area contributed by atoms with Crippen LogP contribution < -0.4 is 4.74 Å². The van der Waals surface area contributed by atoms with E-state index in [1.165, 1.54) is 18.2 Å². The van der Waals surface area contributed by atoms with E-state index >= 15 is 0 Å². The van der Waals surface area contributed by atoms with E-state index in [4.69, 9.17) is 4.74 Å². The van der Waals surface area contributed by atoms with E-state index in [1.54, 1.807) is 12.1 Å². The molecule has 0 aliphatic heterocycles. The van der Waals surface area contributed by atoms with Crippen LogP contribution in [0.5, 0.6) is 5.75 Å². The van der Waals surface area contributed by atoms with Crippen LogP contribution in [0.2, 0.25) is 0 Å². The summed E-state index contributed by atoms with van der Waals surface area (Å²) in [7, 11) is 0. The van der Waals surface area contributed by atoms with Gasteiger partial charge in [-0.1, -0.05) is 30.3 Å². The van der Waals surface area contributed by atoms with Gasteiger partial charge in [0.2, 0.25) is 0 Å². The van der Waals surface area contributed by atoms with Crippen molar-refractivity contribution in [3.05, 3.63) is 83.9 Å². The Morgan fingerprint density at radius 3 is 2.50 bits per heavy atom. The van der Waals surface area contributed by atoms with Crippen molar-refractivity contribution in [2.24, 2.45) is 0 Å². The molecule has 4 aromatic rings. The van der Waals surface area contributed by atoms with Gasteiger partial charge in [0.15, 0.2) is 0 Å². The number of fused-ring (bicyclic) bond motifs is 1. The van der Waals surface area contributed by atoms with E-state index in [1.807, 2.05) is 50.2 Å². The maximum atomic E-state index is 15.0. The molecule has 0 N–H and O–H groups in total. The van der Waals surface area contributed by atoms with Gasteiger partial charge in [-0.15, -0.1) is 0 Å². The van der Waals surface area contributed by atoms with Crippen LogP contribution in [0.1, 0.15) is 12.5 Å². The molecule has 0 bridgehead atoms. The number of halogens is 2. The normalized spacial score (nSPS) is 11.0. The molecule has 28 heavy (non-hydrogen) atoms. The quantitative estimate of drug-likeness (QED) is 0.403. The molecular formula is C24H19F2NO. The fourth-order valence-corrected chi connectivity index (χ4v) is 3.38. The molecule has 0 aliphatic rings. The Kier molecular flexibility index (Phi) is 4.78. The summed E-state index contributed by atoms with van der Waals surface area (Å²) in [5, 5.41) is 0.756. The molecule has 0 unspecified atom stereocenters. The minimum absolute atomic E-state index is 0.298. The Labute approximate surface area is 162 Å². The average molecular weight is 375 g/mol. The Balaban J connectivity index is 1.79. The van der Waals surface area contributed by atoms with E-state index in [0.29, 0.717) is 40.3 Å². The van der Waals surface area contributed by atoms with Crippen molar-refractivity contribution < 1.29 is 13.5 Å². The average Bonchev–Trinajstić information content (AvgIpc) is 2.69. The molecule has 4 heteroatoms. The maximum Gasteiger partial charge on any atom is 0.131 e. The Morgan fingerprint density at radius 2 is 1.71 bits per heavy atom. The summed E-state index contributed by atoms with van der Waals surface area (Å²) in [6.07, 6.45) is 0. The maximum absolute atomic E-state index is 15.0. The number of nitrogens with zero attached hydrogens (tertiary/aromatic N) is 1. The molecule has 0 saturated carbocycles. The first kappa shape index (κ1) is 18.1. The molecule has 4 rings (SSSR count). The number of ether oxygens (including phenoxy) is 1. The Bertz CT molecular complexity index is 1170. The lowest BCUT2D eigenvalue weighted by molar-refractivity contribution is 0.341. The van der Waals surface area contributed by atoms with Gasteiger partial charge in [-0.25, -0.2) is 13.8 Å². The highest BCUT2D eigenvalue weighted by molar-refractivity contribution is 5.85. The molecular weight excluding hydrogens is 356 g/mol. The first-order chi connectivity index (χ1) is 13.6. The van der Waals surface area contributed by atoms with E-state index < -0.39 is 0 Å². The number of aromatic nitrogens is 1. The third kappa shape index (κ3) is 3.33. The van der Waals surface area contributed by atoms with Crippen molar-refractivity contribution in [1.29, 1.82) is 0 Å². The number of rotatable bonds is 4. The number of hydrogen-bond acceptors (Lipinski definition) is 2. The van der Waals surface area contributed by atoms with Gasteiger partial charge in [0.25, 0.3) is 0 Å². The smallest absolute Gasteiger partial charge is 0.131 e. The minimum Gasteiger partial charge on any atom is -0.493 e. The van der Waals surface area contributed by atoms with Crippen LogP contribution in [0.25, 0.3) is 33.3 Å². The van der Waals surface area contributed by atoms with Crippen LogP contribution in [0, 0.1) is 18.6 Å². The van der Waals surface area contributed by atoms with Gasteiger partial charge in [0, 0.05) is 22.1 Å². The fraction of sp³-hybridized carbons (Fsp3) is 0.125. The summed E-state index contributed by atoms with van der Waals surface area (Å²) >= 11 is 0. The monoisotopic (exact) mass is 375 g/mol. The van der Waals surface area contributed by atoms with Crippen LogP contribution in [-0.2, 0) is 0 Å². The van der Waals surface area contributed by atoms with Gasteiger partial charge in [0.1, 0.15) is 17.4 Å². The predicted octanol–water partition coefficient (Wildman–Crippen LogP) is 6.55. The highest BCUT2D eigenvalue weighted by Gasteiger charge is 2.13. The summed E-state index contributed by atoms with van der Waals surface area (Å²) in [5.74, 6) is 0.00942. The van der Waals surface area contributed by atoms with E-state index in [0.717, 1.165) is 10.9 Å². The first-order valence-electron chi connectivity index (χ1n) is 9.16. The second kappa shape index (κ2) is 7.39. The zero-order valence-electron chi connectivity index (χ0n) is 15.7. The summed E-state index contributed by atoms with van der Waals surface area (Å²) in [6.45, 7) is 4.31. The van der Waals surface area contributed by atoms with Gasteiger partial charge in [-0.3, -0.25) is 0 Å². The Hall–Kier alpha value is -3.27. The molecule has 0 spiro atoms. The molecule has 140 valence electrons. The lowest BCUT2D eigenvalue weighted by Crippen LogP contribution is -1.96. The third-order valence-corrected chi connectivity index (χ3v) is 4.72. The zero-order chi connectivity index (χ0) is 19.7. The van der Waals surface area contributed by atoms with Crippen molar-refractivity contribution in [2.75, 3.05) is 6.61 Å². The lowest BCUT2D eigenvalue weighted by atomic mass is 9.99. The van der Waals surface area contributed by atoms with Gasteiger partial charge in [-0.2, -0.15) is 0 Å². The number of hydrogen-bond donors (Lipinski definition) is 0. The molecule has 3 aromatic carbocycles. The predicted molar refractivity (Wildman–Crippen MR) is 108 cm³/mol. The summed E-state index contributed by atoms with van der Waals surface area (Å²) in [6, 6.07) is 18.8. The van der Waals surface area contributed by atoms with E-state index in [2.05, 4.69) is 4.98 Å². The van der Waals surface area contributed by atoms with Gasteiger partial charge >= 0.3 is 0 Å². The van der Waals surface area contributed by atoms with Crippen LogP contribution in [0.15, 0.2) is 66.7 Å². The molecule has 0 saturated heterocycles. The van der Waals surface area contributed by atoms with Crippen LogP contribution in [0.4, 0.5) is 8.78 Å².